The van der Waals surface area contributed by atoms with E-state index in [1.54, 1.807) is 0 Å². The number of β-amino-alcohol motifs (C(OH)–C–C–N with tert-alkyl or cyclic N) is 1. The van der Waals surface area contributed by atoms with Crippen molar-refractivity contribution in [3.63, 3.8) is 0 Å². The Bertz CT molecular complexity index is 632. The lowest BCUT2D eigenvalue weighted by molar-refractivity contribution is -0.148. The number of hydrogen-bond acceptors (Lipinski definition) is 5. The maximum atomic E-state index is 12.3. The van der Waals surface area contributed by atoms with Crippen LogP contribution in [-0.2, 0) is 16.0 Å². The molecular formula is C17H21NO6. The van der Waals surface area contributed by atoms with Gasteiger partial charge in [-0.3, -0.25) is 4.79 Å². The number of benzene rings is 1. The second kappa shape index (κ2) is 7.09. The van der Waals surface area contributed by atoms with Crippen molar-refractivity contribution in [3.8, 4) is 11.5 Å². The molecule has 2 aliphatic rings. The van der Waals surface area contributed by atoms with Gasteiger partial charge < -0.3 is 24.6 Å². The molecule has 7 nitrogen and oxygen atoms in total. The van der Waals surface area contributed by atoms with Gasteiger partial charge in [0.2, 0.25) is 5.91 Å². The predicted octanol–water partition coefficient (Wildman–Crippen LogP) is 0.827. The molecule has 0 radical (unpaired) electrons. The third-order valence-corrected chi connectivity index (χ3v) is 4.32. The van der Waals surface area contributed by atoms with Crippen LogP contribution in [0.15, 0.2) is 18.2 Å². The minimum absolute atomic E-state index is 0.0803. The van der Waals surface area contributed by atoms with Crippen LogP contribution in [0, 0.1) is 0 Å². The van der Waals surface area contributed by atoms with Gasteiger partial charge in [0, 0.05) is 25.8 Å². The van der Waals surface area contributed by atoms with E-state index in [1.165, 1.54) is 4.90 Å². The number of carboxylic acids is 1. The molecule has 0 aliphatic carbocycles. The van der Waals surface area contributed by atoms with Crippen molar-refractivity contribution in [1.29, 1.82) is 0 Å². The van der Waals surface area contributed by atoms with E-state index >= 15 is 0 Å². The van der Waals surface area contributed by atoms with Crippen LogP contribution in [0.4, 0.5) is 0 Å². The molecule has 1 saturated heterocycles. The van der Waals surface area contributed by atoms with Crippen molar-refractivity contribution >= 4 is 11.9 Å². The van der Waals surface area contributed by atoms with Crippen molar-refractivity contribution in [2.75, 3.05) is 19.8 Å². The molecule has 7 heteroatoms. The normalized spacial score (nSPS) is 23.0. The highest BCUT2D eigenvalue weighted by atomic mass is 16.5. The molecule has 0 unspecified atom stereocenters. The molecule has 0 spiro atoms. The molecule has 0 bridgehead atoms. The summed E-state index contributed by atoms with van der Waals surface area (Å²) in [5, 5.41) is 18.8. The van der Waals surface area contributed by atoms with Crippen LogP contribution in [0.1, 0.15) is 24.8 Å². The number of amides is 1. The number of carbonyl (C=O) groups excluding carboxylic acids is 1. The average molecular weight is 335 g/mol. The van der Waals surface area contributed by atoms with E-state index in [4.69, 9.17) is 14.6 Å². The van der Waals surface area contributed by atoms with E-state index in [2.05, 4.69) is 0 Å². The Kier molecular flexibility index (Phi) is 4.89. The number of aliphatic hydroxyl groups is 1. The van der Waals surface area contributed by atoms with Crippen LogP contribution in [-0.4, -0.2) is 58.9 Å². The van der Waals surface area contributed by atoms with Crippen molar-refractivity contribution in [2.45, 2.75) is 37.8 Å². The Hall–Kier alpha value is -2.28. The first kappa shape index (κ1) is 16.6. The summed E-state index contributed by atoms with van der Waals surface area (Å²) in [4.78, 5) is 24.8. The number of hydrogen-bond donors (Lipinski definition) is 2. The number of aliphatic hydroxyl groups excluding tert-OH is 1. The molecule has 2 aliphatic heterocycles. The molecule has 2 heterocycles. The predicted molar refractivity (Wildman–Crippen MR) is 84.1 cm³/mol. The fourth-order valence-corrected chi connectivity index (χ4v) is 3.08. The highest BCUT2D eigenvalue weighted by Crippen LogP contribution is 2.31. The van der Waals surface area contributed by atoms with Crippen LogP contribution < -0.4 is 9.47 Å². The first-order chi connectivity index (χ1) is 11.5. The van der Waals surface area contributed by atoms with Crippen LogP contribution >= 0.6 is 0 Å². The molecule has 1 fully saturated rings. The van der Waals surface area contributed by atoms with Crippen molar-refractivity contribution < 1.29 is 29.3 Å². The van der Waals surface area contributed by atoms with E-state index in [0.717, 1.165) is 12.0 Å². The standard InChI is InChI=1S/C17H21NO6/c19-12-9-13(17(21)22)18(10-12)16(20)5-3-11-2-4-14-15(8-11)24-7-1-6-23-14/h2,4,8,12-13,19H,1,3,5-7,9-10H2,(H,21,22)/t12-,13-/m0/s1. The molecular weight excluding hydrogens is 314 g/mol. The van der Waals surface area contributed by atoms with Gasteiger partial charge >= 0.3 is 5.97 Å². The highest BCUT2D eigenvalue weighted by molar-refractivity contribution is 5.84. The van der Waals surface area contributed by atoms with Crippen molar-refractivity contribution in [1.82, 2.24) is 4.90 Å². The number of carbonyl (C=O) groups is 2. The number of aryl methyl sites for hydroxylation is 1. The maximum absolute atomic E-state index is 12.3. The first-order valence-corrected chi connectivity index (χ1v) is 8.13. The van der Waals surface area contributed by atoms with Gasteiger partial charge in [0.15, 0.2) is 11.5 Å². The second-order valence-corrected chi connectivity index (χ2v) is 6.12. The number of aliphatic carboxylic acids is 1. The van der Waals surface area contributed by atoms with Crippen molar-refractivity contribution in [3.05, 3.63) is 23.8 Å². The molecule has 1 aromatic carbocycles. The molecule has 0 saturated carbocycles. The summed E-state index contributed by atoms with van der Waals surface area (Å²) in [6.45, 7) is 1.30. The highest BCUT2D eigenvalue weighted by Gasteiger charge is 2.38. The van der Waals surface area contributed by atoms with E-state index in [-0.39, 0.29) is 25.3 Å². The number of carboxylic acid groups (broad SMARTS) is 1. The minimum Gasteiger partial charge on any atom is -0.490 e. The van der Waals surface area contributed by atoms with Crippen LogP contribution in [0.3, 0.4) is 0 Å². The average Bonchev–Trinajstić information content (AvgIpc) is 2.81. The fourth-order valence-electron chi connectivity index (χ4n) is 3.08. The minimum atomic E-state index is -1.07. The molecule has 3 rings (SSSR count). The van der Waals surface area contributed by atoms with Gasteiger partial charge in [0.25, 0.3) is 0 Å². The van der Waals surface area contributed by atoms with Gasteiger partial charge in [-0.2, -0.15) is 0 Å². The SMILES string of the molecule is O=C(O)[C@@H]1C[C@H](O)CN1C(=O)CCc1ccc2c(c1)OCCCO2. The topological polar surface area (TPSA) is 96.3 Å². The van der Waals surface area contributed by atoms with E-state index < -0.39 is 18.1 Å². The summed E-state index contributed by atoms with van der Waals surface area (Å²) in [5.74, 6) is 0.0511. The molecule has 2 atom stereocenters. The Morgan fingerprint density at radius 3 is 2.71 bits per heavy atom. The van der Waals surface area contributed by atoms with E-state index in [9.17, 15) is 14.7 Å². The van der Waals surface area contributed by atoms with Crippen LogP contribution in [0.5, 0.6) is 11.5 Å². The third-order valence-electron chi connectivity index (χ3n) is 4.32. The molecule has 24 heavy (non-hydrogen) atoms. The molecule has 2 N–H and O–H groups in total. The third kappa shape index (κ3) is 3.62. The molecule has 0 aromatic heterocycles. The summed E-state index contributed by atoms with van der Waals surface area (Å²) in [7, 11) is 0. The summed E-state index contributed by atoms with van der Waals surface area (Å²) >= 11 is 0. The lowest BCUT2D eigenvalue weighted by Gasteiger charge is -2.21. The van der Waals surface area contributed by atoms with Gasteiger partial charge in [-0.05, 0) is 24.1 Å². The molecule has 130 valence electrons. The summed E-state index contributed by atoms with van der Waals surface area (Å²) < 4.78 is 11.2. The van der Waals surface area contributed by atoms with Crippen LogP contribution in [0.25, 0.3) is 0 Å². The number of nitrogens with zero attached hydrogens (tertiary/aromatic N) is 1. The number of likely N-dealkylation sites (tertiary alicyclic amines) is 1. The first-order valence-electron chi connectivity index (χ1n) is 8.13. The zero-order valence-electron chi connectivity index (χ0n) is 13.3. The van der Waals surface area contributed by atoms with E-state index in [0.29, 0.717) is 31.1 Å². The lowest BCUT2D eigenvalue weighted by atomic mass is 10.1. The van der Waals surface area contributed by atoms with Crippen molar-refractivity contribution in [2.24, 2.45) is 0 Å². The van der Waals surface area contributed by atoms with Gasteiger partial charge in [-0.15, -0.1) is 0 Å². The monoisotopic (exact) mass is 335 g/mol. The zero-order valence-corrected chi connectivity index (χ0v) is 13.3. The maximum Gasteiger partial charge on any atom is 0.326 e. The zero-order chi connectivity index (χ0) is 17.1. The number of ether oxygens (including phenoxy) is 2. The summed E-state index contributed by atoms with van der Waals surface area (Å²) in [5.41, 5.74) is 0.930. The number of rotatable bonds is 4. The van der Waals surface area contributed by atoms with Gasteiger partial charge in [0.05, 0.1) is 19.3 Å². The Morgan fingerprint density at radius 1 is 1.21 bits per heavy atom. The van der Waals surface area contributed by atoms with Gasteiger partial charge in [0.1, 0.15) is 6.04 Å². The van der Waals surface area contributed by atoms with Gasteiger partial charge in [-0.25, -0.2) is 4.79 Å². The quantitative estimate of drug-likeness (QED) is 0.846. The number of fused-ring (bicyclic) bond motifs is 1. The van der Waals surface area contributed by atoms with Gasteiger partial charge in [-0.1, -0.05) is 6.07 Å². The second-order valence-electron chi connectivity index (χ2n) is 6.12. The Balaban J connectivity index is 1.62. The van der Waals surface area contributed by atoms with E-state index in [1.807, 2.05) is 18.2 Å². The largest absolute Gasteiger partial charge is 0.490 e. The van der Waals surface area contributed by atoms with Crippen LogP contribution in [0.2, 0.25) is 0 Å². The molecule has 1 aromatic rings. The lowest BCUT2D eigenvalue weighted by Crippen LogP contribution is -2.40. The smallest absolute Gasteiger partial charge is 0.326 e. The Morgan fingerprint density at radius 2 is 1.96 bits per heavy atom. The molecule has 1 amide bonds. The Labute approximate surface area is 139 Å². The summed E-state index contributed by atoms with van der Waals surface area (Å²) in [6, 6.07) is 4.65. The summed E-state index contributed by atoms with van der Waals surface area (Å²) in [6.07, 6.45) is 0.819. The fraction of sp³-hybridized carbons (Fsp3) is 0.529.